The molecule has 1 atom stereocenters. The van der Waals surface area contributed by atoms with Crippen LogP contribution >= 0.6 is 22.9 Å². The first kappa shape index (κ1) is 23.3. The number of carbonyl (C=O) groups excluding carboxylic acids is 2. The van der Waals surface area contributed by atoms with Crippen molar-refractivity contribution in [1.29, 1.82) is 0 Å². The number of carbonyl (C=O) groups is 2. The lowest BCUT2D eigenvalue weighted by Gasteiger charge is -2.43. The molecule has 5 rings (SSSR count). The molecule has 0 fully saturated rings. The maximum Gasteiger partial charge on any atom is 0.277 e. The SMILES string of the molecule is Cc1ccc(CNC(=O)C2(C)Cn3nc(-c4cccs4)cc3C(=O)N2c2cc(Cl)ccc2C)cc1. The molecule has 8 heteroatoms. The van der Waals surface area contributed by atoms with E-state index in [2.05, 4.69) is 5.32 Å². The van der Waals surface area contributed by atoms with E-state index in [-0.39, 0.29) is 18.4 Å². The summed E-state index contributed by atoms with van der Waals surface area (Å²) in [6.45, 7) is 6.29. The molecule has 0 saturated heterocycles. The van der Waals surface area contributed by atoms with Crippen molar-refractivity contribution in [1.82, 2.24) is 15.1 Å². The van der Waals surface area contributed by atoms with Crippen LogP contribution in [0.3, 0.4) is 0 Å². The van der Waals surface area contributed by atoms with Crippen LogP contribution in [0.5, 0.6) is 0 Å². The van der Waals surface area contributed by atoms with E-state index in [1.54, 1.807) is 46.0 Å². The Labute approximate surface area is 213 Å². The molecule has 6 nitrogen and oxygen atoms in total. The van der Waals surface area contributed by atoms with Crippen molar-refractivity contribution in [3.05, 3.63) is 93.5 Å². The molecule has 35 heavy (non-hydrogen) atoms. The molecule has 0 radical (unpaired) electrons. The Hall–Kier alpha value is -3.42. The van der Waals surface area contributed by atoms with Gasteiger partial charge < -0.3 is 5.32 Å². The third kappa shape index (κ3) is 4.26. The summed E-state index contributed by atoms with van der Waals surface area (Å²) < 4.78 is 1.65. The highest BCUT2D eigenvalue weighted by Gasteiger charge is 2.49. The van der Waals surface area contributed by atoms with Crippen molar-refractivity contribution in [2.75, 3.05) is 4.90 Å². The van der Waals surface area contributed by atoms with E-state index in [1.807, 2.05) is 61.7 Å². The standard InChI is InChI=1S/C27H25ClN4O2S/c1-17-6-9-19(10-7-17)15-29-26(34)27(3)16-31-23(14-21(30-31)24-5-4-12-35-24)25(33)32(27)22-13-20(28)11-8-18(22)2/h4-14H,15-16H2,1-3H3,(H,29,34). The minimum atomic E-state index is -1.22. The number of aromatic nitrogens is 2. The minimum Gasteiger partial charge on any atom is -0.350 e. The molecule has 0 spiro atoms. The summed E-state index contributed by atoms with van der Waals surface area (Å²) in [5.74, 6) is -0.547. The van der Waals surface area contributed by atoms with E-state index in [0.717, 1.165) is 27.3 Å². The molecule has 1 aliphatic heterocycles. The summed E-state index contributed by atoms with van der Waals surface area (Å²) in [6.07, 6.45) is 0. The number of amides is 2. The summed E-state index contributed by atoms with van der Waals surface area (Å²) in [6, 6.07) is 19.1. The first-order valence-corrected chi connectivity index (χ1v) is 12.6. The molecule has 0 bridgehead atoms. The molecule has 178 valence electrons. The summed E-state index contributed by atoms with van der Waals surface area (Å²) >= 11 is 7.89. The fourth-order valence-electron chi connectivity index (χ4n) is 4.41. The zero-order valence-corrected chi connectivity index (χ0v) is 21.3. The van der Waals surface area contributed by atoms with Gasteiger partial charge in [-0.25, -0.2) is 0 Å². The van der Waals surface area contributed by atoms with Gasteiger partial charge in [-0.2, -0.15) is 5.10 Å². The van der Waals surface area contributed by atoms with E-state index >= 15 is 0 Å². The van der Waals surface area contributed by atoms with Gasteiger partial charge in [0.2, 0.25) is 5.91 Å². The van der Waals surface area contributed by atoms with Crippen LogP contribution in [0.4, 0.5) is 5.69 Å². The number of anilines is 1. The lowest BCUT2D eigenvalue weighted by Crippen LogP contribution is -2.64. The van der Waals surface area contributed by atoms with Gasteiger partial charge in [-0.1, -0.05) is 53.6 Å². The van der Waals surface area contributed by atoms with Crippen LogP contribution in [-0.2, 0) is 17.9 Å². The average Bonchev–Trinajstić information content (AvgIpc) is 3.51. The van der Waals surface area contributed by atoms with Crippen LogP contribution in [0.25, 0.3) is 10.6 Å². The predicted molar refractivity (Wildman–Crippen MR) is 140 cm³/mol. The zero-order chi connectivity index (χ0) is 24.7. The molecule has 2 aromatic carbocycles. The van der Waals surface area contributed by atoms with Crippen LogP contribution in [0.1, 0.15) is 34.1 Å². The Morgan fingerprint density at radius 1 is 1.14 bits per heavy atom. The van der Waals surface area contributed by atoms with E-state index in [4.69, 9.17) is 16.7 Å². The van der Waals surface area contributed by atoms with Crippen molar-refractivity contribution < 1.29 is 9.59 Å². The summed E-state index contributed by atoms with van der Waals surface area (Å²) in [5.41, 5.74) is 3.54. The molecule has 1 N–H and O–H groups in total. The summed E-state index contributed by atoms with van der Waals surface area (Å²) in [7, 11) is 0. The predicted octanol–water partition coefficient (Wildman–Crippen LogP) is 5.62. The van der Waals surface area contributed by atoms with E-state index < -0.39 is 5.54 Å². The maximum atomic E-state index is 13.9. The van der Waals surface area contributed by atoms with Crippen molar-refractivity contribution in [3.63, 3.8) is 0 Å². The van der Waals surface area contributed by atoms with Crippen LogP contribution in [0.15, 0.2) is 66.0 Å². The van der Waals surface area contributed by atoms with Gasteiger partial charge in [-0.15, -0.1) is 11.3 Å². The molecular formula is C27H25ClN4O2S. The Bertz CT molecular complexity index is 1410. The summed E-state index contributed by atoms with van der Waals surface area (Å²) in [4.78, 5) is 30.2. The normalized spacial score (nSPS) is 17.4. The van der Waals surface area contributed by atoms with E-state index in [9.17, 15) is 9.59 Å². The van der Waals surface area contributed by atoms with E-state index in [0.29, 0.717) is 22.9 Å². The van der Waals surface area contributed by atoms with Crippen LogP contribution in [-0.4, -0.2) is 27.1 Å². The van der Waals surface area contributed by atoms with Gasteiger partial charge in [0, 0.05) is 17.3 Å². The number of aryl methyl sites for hydroxylation is 2. The number of hydrogen-bond acceptors (Lipinski definition) is 4. The van der Waals surface area contributed by atoms with Gasteiger partial charge in [-0.3, -0.25) is 19.2 Å². The number of halogens is 1. The molecule has 1 aliphatic rings. The van der Waals surface area contributed by atoms with Gasteiger partial charge in [0.05, 0.1) is 11.4 Å². The monoisotopic (exact) mass is 504 g/mol. The van der Waals surface area contributed by atoms with Gasteiger partial charge in [0.25, 0.3) is 5.91 Å². The number of hydrogen-bond donors (Lipinski definition) is 1. The van der Waals surface area contributed by atoms with Crippen LogP contribution in [0, 0.1) is 13.8 Å². The summed E-state index contributed by atoms with van der Waals surface area (Å²) in [5, 5.41) is 10.2. The quantitative estimate of drug-likeness (QED) is 0.383. The van der Waals surface area contributed by atoms with Gasteiger partial charge in [-0.05, 0) is 61.5 Å². The van der Waals surface area contributed by atoms with Gasteiger partial charge in [0.15, 0.2) is 0 Å². The Balaban J connectivity index is 1.56. The number of thiophene rings is 1. The fourth-order valence-corrected chi connectivity index (χ4v) is 5.25. The molecule has 0 saturated carbocycles. The smallest absolute Gasteiger partial charge is 0.277 e. The Kier molecular flexibility index (Phi) is 5.99. The molecule has 2 amide bonds. The molecule has 2 aromatic heterocycles. The minimum absolute atomic E-state index is 0.213. The highest BCUT2D eigenvalue weighted by atomic mass is 35.5. The molecular weight excluding hydrogens is 480 g/mol. The van der Waals surface area contributed by atoms with Crippen LogP contribution in [0.2, 0.25) is 5.02 Å². The molecule has 3 heterocycles. The van der Waals surface area contributed by atoms with Crippen LogP contribution < -0.4 is 10.2 Å². The fraction of sp³-hybridized carbons (Fsp3) is 0.222. The highest BCUT2D eigenvalue weighted by Crippen LogP contribution is 2.37. The number of nitrogens with one attached hydrogen (secondary N) is 1. The Morgan fingerprint density at radius 2 is 1.91 bits per heavy atom. The lowest BCUT2D eigenvalue weighted by atomic mass is 9.93. The third-order valence-electron chi connectivity index (χ3n) is 6.40. The maximum absolute atomic E-state index is 13.9. The van der Waals surface area contributed by atoms with Gasteiger partial charge in [0.1, 0.15) is 16.9 Å². The number of benzene rings is 2. The highest BCUT2D eigenvalue weighted by molar-refractivity contribution is 7.13. The molecule has 4 aromatic rings. The second-order valence-electron chi connectivity index (χ2n) is 9.06. The van der Waals surface area contributed by atoms with E-state index in [1.165, 1.54) is 0 Å². The lowest BCUT2D eigenvalue weighted by molar-refractivity contribution is -0.126. The van der Waals surface area contributed by atoms with Crippen molar-refractivity contribution in [2.24, 2.45) is 0 Å². The molecule has 0 aliphatic carbocycles. The number of fused-ring (bicyclic) bond motifs is 1. The Morgan fingerprint density at radius 3 is 2.63 bits per heavy atom. The second kappa shape index (κ2) is 8.98. The largest absolute Gasteiger partial charge is 0.350 e. The van der Waals surface area contributed by atoms with Crippen molar-refractivity contribution >= 4 is 40.4 Å². The third-order valence-corrected chi connectivity index (χ3v) is 7.53. The van der Waals surface area contributed by atoms with Crippen molar-refractivity contribution in [3.8, 4) is 10.6 Å². The van der Waals surface area contributed by atoms with Crippen molar-refractivity contribution in [2.45, 2.75) is 39.4 Å². The average molecular weight is 505 g/mol. The number of nitrogens with zero attached hydrogens (tertiary/aromatic N) is 3. The second-order valence-corrected chi connectivity index (χ2v) is 10.4. The number of rotatable bonds is 5. The van der Waals surface area contributed by atoms with Gasteiger partial charge >= 0.3 is 0 Å². The first-order valence-electron chi connectivity index (χ1n) is 11.3. The molecule has 1 unspecified atom stereocenters. The topological polar surface area (TPSA) is 67.2 Å². The first-order chi connectivity index (χ1) is 16.8. The zero-order valence-electron chi connectivity index (χ0n) is 19.7.